The summed E-state index contributed by atoms with van der Waals surface area (Å²) in [4.78, 5) is 43.4. The molecular formula is C15H22O13. The summed E-state index contributed by atoms with van der Waals surface area (Å²) in [6, 6.07) is 0. The second kappa shape index (κ2) is 11.5. The van der Waals surface area contributed by atoms with Crippen LogP contribution >= 0.6 is 0 Å². The van der Waals surface area contributed by atoms with Crippen molar-refractivity contribution >= 4 is 23.9 Å². The molecule has 1 aliphatic heterocycles. The maximum atomic E-state index is 10.9. The first-order chi connectivity index (χ1) is 13.1. The SMILES string of the molecule is CCC1OC(OCC(=O)O)C(OCC(=O)O)C(OCC(=O)O)C1OCC(=O)O. The van der Waals surface area contributed by atoms with Crippen LogP contribution in [-0.2, 0) is 42.9 Å². The van der Waals surface area contributed by atoms with Crippen molar-refractivity contribution in [3.63, 3.8) is 0 Å². The summed E-state index contributed by atoms with van der Waals surface area (Å²) in [5.41, 5.74) is 0. The third kappa shape index (κ3) is 7.74. The standard InChI is InChI=1S/C15H22O13/c1-2-7-12(24-3-8(16)17)13(25-4-9(18)19)14(26-5-10(20)21)15(28-7)27-6-11(22)23/h7,12-15H,2-6H2,1H3,(H,16,17)(H,18,19)(H,20,21)(H,22,23). The summed E-state index contributed by atoms with van der Waals surface area (Å²) in [6.07, 6.45) is -5.85. The largest absolute Gasteiger partial charge is 0.480 e. The van der Waals surface area contributed by atoms with Crippen LogP contribution in [-0.4, -0.2) is 101 Å². The summed E-state index contributed by atoms with van der Waals surface area (Å²) in [7, 11) is 0. The topological polar surface area (TPSA) is 195 Å². The summed E-state index contributed by atoms with van der Waals surface area (Å²) < 4.78 is 26.4. The number of carboxylic acids is 4. The predicted octanol–water partition coefficient (Wildman–Crippen LogP) is -1.37. The predicted molar refractivity (Wildman–Crippen MR) is 84.7 cm³/mol. The van der Waals surface area contributed by atoms with E-state index in [1.807, 2.05) is 0 Å². The van der Waals surface area contributed by atoms with Crippen molar-refractivity contribution in [3.8, 4) is 0 Å². The minimum atomic E-state index is -1.41. The molecule has 13 heteroatoms. The van der Waals surface area contributed by atoms with E-state index in [1.165, 1.54) is 0 Å². The molecule has 1 heterocycles. The van der Waals surface area contributed by atoms with Gasteiger partial charge in [-0.05, 0) is 6.42 Å². The van der Waals surface area contributed by atoms with Crippen LogP contribution in [0.3, 0.4) is 0 Å². The van der Waals surface area contributed by atoms with Crippen LogP contribution in [0.25, 0.3) is 0 Å². The van der Waals surface area contributed by atoms with Crippen molar-refractivity contribution in [1.82, 2.24) is 0 Å². The molecule has 0 spiro atoms. The van der Waals surface area contributed by atoms with Crippen LogP contribution in [0, 0.1) is 0 Å². The number of carbonyl (C=O) groups is 4. The maximum Gasteiger partial charge on any atom is 0.329 e. The van der Waals surface area contributed by atoms with E-state index in [0.717, 1.165) is 0 Å². The lowest BCUT2D eigenvalue weighted by Crippen LogP contribution is -2.61. The molecule has 1 rings (SSSR count). The number of hydrogen-bond acceptors (Lipinski definition) is 9. The van der Waals surface area contributed by atoms with E-state index in [9.17, 15) is 19.2 Å². The Morgan fingerprint density at radius 3 is 1.50 bits per heavy atom. The van der Waals surface area contributed by atoms with Crippen molar-refractivity contribution < 1.29 is 63.3 Å². The Kier molecular flexibility index (Phi) is 9.75. The molecular weight excluding hydrogens is 388 g/mol. The molecule has 28 heavy (non-hydrogen) atoms. The Balaban J connectivity index is 3.14. The Morgan fingerprint density at radius 2 is 1.07 bits per heavy atom. The van der Waals surface area contributed by atoms with Crippen LogP contribution in [0.2, 0.25) is 0 Å². The van der Waals surface area contributed by atoms with E-state index >= 15 is 0 Å². The smallest absolute Gasteiger partial charge is 0.329 e. The molecule has 0 aromatic rings. The molecule has 1 aliphatic rings. The van der Waals surface area contributed by atoms with Crippen molar-refractivity contribution in [2.24, 2.45) is 0 Å². The lowest BCUT2D eigenvalue weighted by atomic mass is 9.96. The van der Waals surface area contributed by atoms with Gasteiger partial charge in [-0.2, -0.15) is 0 Å². The van der Waals surface area contributed by atoms with Crippen molar-refractivity contribution in [2.45, 2.75) is 44.1 Å². The Bertz CT molecular complexity index is 562. The van der Waals surface area contributed by atoms with Crippen molar-refractivity contribution in [3.05, 3.63) is 0 Å². The minimum absolute atomic E-state index is 0.246. The van der Waals surface area contributed by atoms with Crippen molar-refractivity contribution in [1.29, 1.82) is 0 Å². The first-order valence-corrected chi connectivity index (χ1v) is 8.14. The molecule has 0 aromatic carbocycles. The number of aliphatic carboxylic acids is 4. The summed E-state index contributed by atoms with van der Waals surface area (Å²) >= 11 is 0. The summed E-state index contributed by atoms with van der Waals surface area (Å²) in [5.74, 6) is -5.36. The van der Waals surface area contributed by atoms with Gasteiger partial charge in [-0.15, -0.1) is 0 Å². The minimum Gasteiger partial charge on any atom is -0.480 e. The van der Waals surface area contributed by atoms with Crippen molar-refractivity contribution in [2.75, 3.05) is 26.4 Å². The zero-order valence-corrected chi connectivity index (χ0v) is 14.9. The van der Waals surface area contributed by atoms with E-state index in [2.05, 4.69) is 0 Å². The molecule has 13 nitrogen and oxygen atoms in total. The van der Waals surface area contributed by atoms with E-state index in [-0.39, 0.29) is 6.42 Å². The molecule has 0 amide bonds. The average molecular weight is 410 g/mol. The van der Waals surface area contributed by atoms with Crippen LogP contribution in [0.1, 0.15) is 13.3 Å². The fourth-order valence-electron chi connectivity index (χ4n) is 2.56. The van der Waals surface area contributed by atoms with Gasteiger partial charge >= 0.3 is 23.9 Å². The first kappa shape index (κ1) is 23.7. The highest BCUT2D eigenvalue weighted by Crippen LogP contribution is 2.30. The van der Waals surface area contributed by atoms with Crippen LogP contribution in [0.5, 0.6) is 0 Å². The summed E-state index contributed by atoms with van der Waals surface area (Å²) in [6.45, 7) is -1.59. The molecule has 0 aliphatic carbocycles. The number of hydrogen-bond donors (Lipinski definition) is 4. The molecule has 5 unspecified atom stereocenters. The fourth-order valence-corrected chi connectivity index (χ4v) is 2.56. The molecule has 1 fully saturated rings. The number of carboxylic acid groups (broad SMARTS) is 4. The van der Waals surface area contributed by atoms with Gasteiger partial charge in [0.2, 0.25) is 0 Å². The molecule has 0 saturated carbocycles. The van der Waals surface area contributed by atoms with E-state index in [4.69, 9.17) is 44.1 Å². The number of rotatable bonds is 13. The van der Waals surface area contributed by atoms with Gasteiger partial charge in [0.25, 0.3) is 0 Å². The third-order valence-electron chi connectivity index (χ3n) is 3.56. The van der Waals surface area contributed by atoms with E-state index < -0.39 is 81.0 Å². The van der Waals surface area contributed by atoms with Gasteiger partial charge < -0.3 is 44.1 Å². The third-order valence-corrected chi connectivity index (χ3v) is 3.56. The van der Waals surface area contributed by atoms with Gasteiger partial charge in [-0.3, -0.25) is 0 Å². The first-order valence-electron chi connectivity index (χ1n) is 8.14. The normalized spacial score (nSPS) is 27.2. The van der Waals surface area contributed by atoms with E-state index in [1.54, 1.807) is 6.92 Å². The molecule has 160 valence electrons. The second-order valence-electron chi connectivity index (χ2n) is 5.66. The highest BCUT2D eigenvalue weighted by Gasteiger charge is 2.49. The summed E-state index contributed by atoms with van der Waals surface area (Å²) in [5, 5.41) is 35.4. The zero-order chi connectivity index (χ0) is 21.3. The van der Waals surface area contributed by atoms with Crippen LogP contribution < -0.4 is 0 Å². The second-order valence-corrected chi connectivity index (χ2v) is 5.66. The average Bonchev–Trinajstić information content (AvgIpc) is 2.60. The molecule has 0 bridgehead atoms. The lowest BCUT2D eigenvalue weighted by Gasteiger charge is -2.45. The van der Waals surface area contributed by atoms with Gasteiger partial charge in [0.15, 0.2) is 6.29 Å². The number of ether oxygens (including phenoxy) is 5. The fraction of sp³-hybridized carbons (Fsp3) is 0.733. The molecule has 0 radical (unpaired) electrons. The monoisotopic (exact) mass is 410 g/mol. The van der Waals surface area contributed by atoms with Gasteiger partial charge in [-0.25, -0.2) is 19.2 Å². The Morgan fingerprint density at radius 1 is 0.679 bits per heavy atom. The highest BCUT2D eigenvalue weighted by atomic mass is 16.7. The highest BCUT2D eigenvalue weighted by molar-refractivity contribution is 5.69. The van der Waals surface area contributed by atoms with Gasteiger partial charge in [0.05, 0.1) is 6.10 Å². The van der Waals surface area contributed by atoms with Gasteiger partial charge in [0.1, 0.15) is 44.7 Å². The van der Waals surface area contributed by atoms with Gasteiger partial charge in [-0.1, -0.05) is 6.92 Å². The maximum absolute atomic E-state index is 10.9. The quantitative estimate of drug-likeness (QED) is 0.278. The Labute approximate surface area is 158 Å². The molecule has 5 atom stereocenters. The molecule has 4 N–H and O–H groups in total. The van der Waals surface area contributed by atoms with Crippen LogP contribution in [0.15, 0.2) is 0 Å². The molecule has 0 aromatic heterocycles. The molecule has 1 saturated heterocycles. The lowest BCUT2D eigenvalue weighted by molar-refractivity contribution is -0.316. The van der Waals surface area contributed by atoms with E-state index in [0.29, 0.717) is 0 Å². The zero-order valence-electron chi connectivity index (χ0n) is 14.9. The Hall–Kier alpha value is -2.32. The van der Waals surface area contributed by atoms with Gasteiger partial charge in [0, 0.05) is 0 Å². The van der Waals surface area contributed by atoms with Crippen LogP contribution in [0.4, 0.5) is 0 Å².